The zero-order chi connectivity index (χ0) is 23.1. The molecule has 0 fully saturated rings. The van der Waals surface area contributed by atoms with E-state index in [9.17, 15) is 30.0 Å². The molecule has 0 radical (unpaired) electrons. The van der Waals surface area contributed by atoms with Crippen LogP contribution in [0.1, 0.15) is 31.8 Å². The van der Waals surface area contributed by atoms with Crippen LogP contribution in [-0.4, -0.2) is 44.7 Å². The summed E-state index contributed by atoms with van der Waals surface area (Å²) in [5.41, 5.74) is 6.24. The van der Waals surface area contributed by atoms with Crippen LogP contribution in [0.4, 0.5) is 0 Å². The fourth-order valence-electron chi connectivity index (χ4n) is 2.46. The van der Waals surface area contributed by atoms with Crippen molar-refractivity contribution in [1.82, 2.24) is 10.9 Å². The first kappa shape index (κ1) is 21.8. The van der Waals surface area contributed by atoms with Crippen molar-refractivity contribution in [2.24, 2.45) is 10.2 Å². The highest BCUT2D eigenvalue weighted by Gasteiger charge is 2.08. The van der Waals surface area contributed by atoms with Crippen LogP contribution in [0.2, 0.25) is 0 Å². The van der Waals surface area contributed by atoms with Gasteiger partial charge >= 0.3 is 0 Å². The standard InChI is InChI=1S/C22H18N4O6/c27-17-7-5-15(9-19(17)29)21(31)25-23-11-13-1-2-14(4-3-13)12-24-26-22(32)16-6-8-18(28)20(30)10-16/h1-12,27-30H,(H,25,31)(H,26,32)/b23-11-,24-12-. The van der Waals surface area contributed by atoms with Crippen molar-refractivity contribution in [2.75, 3.05) is 0 Å². The average molecular weight is 434 g/mol. The summed E-state index contributed by atoms with van der Waals surface area (Å²) in [5, 5.41) is 45.1. The van der Waals surface area contributed by atoms with Crippen LogP contribution < -0.4 is 10.9 Å². The van der Waals surface area contributed by atoms with Crippen molar-refractivity contribution in [3.63, 3.8) is 0 Å². The van der Waals surface area contributed by atoms with Gasteiger partial charge in [-0.1, -0.05) is 24.3 Å². The van der Waals surface area contributed by atoms with Crippen LogP contribution in [0.25, 0.3) is 0 Å². The maximum absolute atomic E-state index is 12.0. The van der Waals surface area contributed by atoms with Crippen molar-refractivity contribution >= 4 is 24.2 Å². The number of nitrogens with one attached hydrogen (secondary N) is 2. The molecule has 162 valence electrons. The molecule has 3 aromatic carbocycles. The normalized spacial score (nSPS) is 11.0. The van der Waals surface area contributed by atoms with Crippen LogP contribution in [-0.2, 0) is 0 Å². The van der Waals surface area contributed by atoms with Gasteiger partial charge in [0, 0.05) is 11.1 Å². The molecule has 0 saturated carbocycles. The van der Waals surface area contributed by atoms with E-state index in [0.717, 1.165) is 12.1 Å². The topological polar surface area (TPSA) is 164 Å². The summed E-state index contributed by atoms with van der Waals surface area (Å²) in [6, 6.07) is 14.2. The molecule has 10 nitrogen and oxygen atoms in total. The maximum atomic E-state index is 12.0. The van der Waals surface area contributed by atoms with Crippen molar-refractivity contribution in [3.8, 4) is 23.0 Å². The minimum absolute atomic E-state index is 0.133. The van der Waals surface area contributed by atoms with Crippen LogP contribution >= 0.6 is 0 Å². The Morgan fingerprint density at radius 3 is 1.31 bits per heavy atom. The molecule has 0 unspecified atom stereocenters. The highest BCUT2D eigenvalue weighted by Crippen LogP contribution is 2.25. The van der Waals surface area contributed by atoms with E-state index < -0.39 is 23.3 Å². The lowest BCUT2D eigenvalue weighted by molar-refractivity contribution is 0.0946. The molecule has 0 saturated heterocycles. The number of nitrogens with zero attached hydrogens (tertiary/aromatic N) is 2. The van der Waals surface area contributed by atoms with Crippen molar-refractivity contribution < 1.29 is 30.0 Å². The Bertz CT molecular complexity index is 1110. The molecule has 32 heavy (non-hydrogen) atoms. The van der Waals surface area contributed by atoms with E-state index in [0.29, 0.717) is 11.1 Å². The van der Waals surface area contributed by atoms with Crippen LogP contribution in [0.5, 0.6) is 23.0 Å². The number of hydrogen-bond acceptors (Lipinski definition) is 8. The molecular formula is C22H18N4O6. The molecule has 0 heterocycles. The van der Waals surface area contributed by atoms with Gasteiger partial charge in [0.05, 0.1) is 12.4 Å². The summed E-state index contributed by atoms with van der Waals surface area (Å²) >= 11 is 0. The monoisotopic (exact) mass is 434 g/mol. The number of carbonyl (C=O) groups excluding carboxylic acids is 2. The molecule has 0 aliphatic rings. The zero-order valence-corrected chi connectivity index (χ0v) is 16.4. The Morgan fingerprint density at radius 2 is 0.969 bits per heavy atom. The Balaban J connectivity index is 1.52. The van der Waals surface area contributed by atoms with Gasteiger partial charge in [-0.15, -0.1) is 0 Å². The maximum Gasteiger partial charge on any atom is 0.271 e. The van der Waals surface area contributed by atoms with E-state index in [1.165, 1.54) is 36.7 Å². The van der Waals surface area contributed by atoms with Gasteiger partial charge in [-0.05, 0) is 47.5 Å². The third-order valence-corrected chi connectivity index (χ3v) is 4.17. The molecule has 0 aliphatic carbocycles. The third-order valence-electron chi connectivity index (χ3n) is 4.17. The van der Waals surface area contributed by atoms with Gasteiger partial charge in [0.2, 0.25) is 0 Å². The summed E-state index contributed by atoms with van der Waals surface area (Å²) in [4.78, 5) is 23.9. The highest BCUT2D eigenvalue weighted by molar-refractivity contribution is 5.96. The van der Waals surface area contributed by atoms with Crippen LogP contribution in [0.15, 0.2) is 70.9 Å². The quantitative estimate of drug-likeness (QED) is 0.197. The molecule has 0 aliphatic heterocycles. The molecule has 10 heteroatoms. The number of benzene rings is 3. The number of rotatable bonds is 6. The smallest absolute Gasteiger partial charge is 0.271 e. The van der Waals surface area contributed by atoms with Gasteiger partial charge in [0.1, 0.15) is 0 Å². The number of aromatic hydroxyl groups is 4. The predicted octanol–water partition coefficient (Wildman–Crippen LogP) is 2.04. The number of hydrazone groups is 2. The van der Waals surface area contributed by atoms with Crippen LogP contribution in [0, 0.1) is 0 Å². The number of phenols is 4. The predicted molar refractivity (Wildman–Crippen MR) is 116 cm³/mol. The van der Waals surface area contributed by atoms with E-state index in [2.05, 4.69) is 21.1 Å². The van der Waals surface area contributed by atoms with Crippen LogP contribution in [0.3, 0.4) is 0 Å². The summed E-state index contributed by atoms with van der Waals surface area (Å²) in [6.45, 7) is 0. The number of phenolic OH excluding ortho intramolecular Hbond substituents is 4. The molecule has 0 spiro atoms. The van der Waals surface area contributed by atoms with Gasteiger partial charge in [-0.2, -0.15) is 10.2 Å². The summed E-state index contributed by atoms with van der Waals surface area (Å²) in [6.07, 6.45) is 2.83. The second kappa shape index (κ2) is 9.76. The molecule has 3 aromatic rings. The molecule has 3 rings (SSSR count). The minimum atomic E-state index is -0.557. The fourth-order valence-corrected chi connectivity index (χ4v) is 2.46. The first-order valence-electron chi connectivity index (χ1n) is 9.14. The number of carbonyl (C=O) groups is 2. The summed E-state index contributed by atoms with van der Waals surface area (Å²) in [5.74, 6) is -2.58. The van der Waals surface area contributed by atoms with E-state index in [4.69, 9.17) is 0 Å². The fraction of sp³-hybridized carbons (Fsp3) is 0. The van der Waals surface area contributed by atoms with Gasteiger partial charge in [-0.3, -0.25) is 9.59 Å². The SMILES string of the molecule is O=C(N/N=C\c1ccc(/C=N\NC(=O)c2ccc(O)c(O)c2)cc1)c1ccc(O)c(O)c1. The van der Waals surface area contributed by atoms with E-state index in [1.54, 1.807) is 24.3 Å². The number of amides is 2. The first-order chi connectivity index (χ1) is 15.3. The van der Waals surface area contributed by atoms with E-state index in [1.807, 2.05) is 0 Å². The lowest BCUT2D eigenvalue weighted by atomic mass is 10.2. The molecular weight excluding hydrogens is 416 g/mol. The van der Waals surface area contributed by atoms with Gasteiger partial charge in [0.25, 0.3) is 11.8 Å². The summed E-state index contributed by atoms with van der Waals surface area (Å²) in [7, 11) is 0. The van der Waals surface area contributed by atoms with E-state index in [-0.39, 0.29) is 22.6 Å². The Hall–Kier alpha value is -4.86. The van der Waals surface area contributed by atoms with Crippen molar-refractivity contribution in [3.05, 3.63) is 82.9 Å². The molecule has 0 atom stereocenters. The molecule has 0 bridgehead atoms. The lowest BCUT2D eigenvalue weighted by Crippen LogP contribution is -2.17. The molecule has 0 aromatic heterocycles. The van der Waals surface area contributed by atoms with Gasteiger partial charge in [-0.25, -0.2) is 10.9 Å². The van der Waals surface area contributed by atoms with E-state index >= 15 is 0 Å². The first-order valence-corrected chi connectivity index (χ1v) is 9.14. The Labute approximate surface area is 181 Å². The average Bonchev–Trinajstić information content (AvgIpc) is 2.78. The van der Waals surface area contributed by atoms with Crippen molar-refractivity contribution in [2.45, 2.75) is 0 Å². The van der Waals surface area contributed by atoms with Gasteiger partial charge in [0.15, 0.2) is 23.0 Å². The zero-order valence-electron chi connectivity index (χ0n) is 16.4. The minimum Gasteiger partial charge on any atom is -0.504 e. The van der Waals surface area contributed by atoms with Crippen molar-refractivity contribution in [1.29, 1.82) is 0 Å². The Kier molecular flexibility index (Phi) is 6.66. The Morgan fingerprint density at radius 1 is 0.594 bits per heavy atom. The summed E-state index contributed by atoms with van der Waals surface area (Å²) < 4.78 is 0. The lowest BCUT2D eigenvalue weighted by Gasteiger charge is -2.02. The second-order valence-corrected chi connectivity index (χ2v) is 6.47. The van der Waals surface area contributed by atoms with Gasteiger partial charge < -0.3 is 20.4 Å². The molecule has 2 amide bonds. The highest BCUT2D eigenvalue weighted by atomic mass is 16.3. The third kappa shape index (κ3) is 5.60. The molecule has 6 N–H and O–H groups in total. The largest absolute Gasteiger partial charge is 0.504 e. The number of hydrogen-bond donors (Lipinski definition) is 6. The second-order valence-electron chi connectivity index (χ2n) is 6.47.